The van der Waals surface area contributed by atoms with Crippen molar-refractivity contribution in [2.75, 3.05) is 13.1 Å². The number of piperidine rings is 1. The molecule has 1 saturated heterocycles. The molecule has 0 aliphatic carbocycles. The zero-order valence-corrected chi connectivity index (χ0v) is 13.8. The van der Waals surface area contributed by atoms with Crippen LogP contribution in [0, 0.1) is 11.7 Å². The molecule has 1 aromatic carbocycles. The van der Waals surface area contributed by atoms with Crippen LogP contribution in [-0.4, -0.2) is 30.0 Å². The molecule has 3 rings (SSSR count). The molecule has 1 amide bonds. The molecular formula is C17H20FN3OS. The molecule has 2 N–H and O–H groups in total. The largest absolute Gasteiger partial charge is 0.346 e. The smallest absolute Gasteiger partial charge is 0.271 e. The van der Waals surface area contributed by atoms with Crippen molar-refractivity contribution in [3.05, 3.63) is 51.7 Å². The van der Waals surface area contributed by atoms with Crippen molar-refractivity contribution in [2.45, 2.75) is 25.8 Å². The highest BCUT2D eigenvalue weighted by atomic mass is 32.1. The fourth-order valence-electron chi connectivity index (χ4n) is 2.70. The third-order valence-electron chi connectivity index (χ3n) is 4.20. The number of hydrogen-bond donors (Lipinski definition) is 2. The topological polar surface area (TPSA) is 54.0 Å². The lowest BCUT2D eigenvalue weighted by atomic mass is 9.95. The molecule has 0 radical (unpaired) electrons. The molecule has 1 aromatic heterocycles. The number of carbonyl (C=O) groups excluding carboxylic acids is 1. The van der Waals surface area contributed by atoms with Gasteiger partial charge in [-0.25, -0.2) is 9.37 Å². The lowest BCUT2D eigenvalue weighted by Crippen LogP contribution is -2.50. The van der Waals surface area contributed by atoms with E-state index in [1.165, 1.54) is 23.5 Å². The van der Waals surface area contributed by atoms with Gasteiger partial charge in [0.1, 0.15) is 11.5 Å². The highest BCUT2D eigenvalue weighted by Crippen LogP contribution is 2.17. The van der Waals surface area contributed by atoms with Crippen LogP contribution in [0.4, 0.5) is 4.39 Å². The maximum atomic E-state index is 12.9. The van der Waals surface area contributed by atoms with Crippen molar-refractivity contribution in [1.82, 2.24) is 15.6 Å². The number of rotatable bonds is 4. The summed E-state index contributed by atoms with van der Waals surface area (Å²) in [4.78, 5) is 16.7. The number of nitrogens with zero attached hydrogens (tertiary/aromatic N) is 1. The predicted octanol–water partition coefficient (Wildman–Crippen LogP) is 2.60. The van der Waals surface area contributed by atoms with Gasteiger partial charge in [-0.2, -0.15) is 0 Å². The first-order chi connectivity index (χ1) is 11.1. The molecule has 2 heterocycles. The van der Waals surface area contributed by atoms with Gasteiger partial charge >= 0.3 is 0 Å². The third kappa shape index (κ3) is 4.14. The van der Waals surface area contributed by atoms with Gasteiger partial charge in [0.05, 0.1) is 5.01 Å². The minimum absolute atomic E-state index is 0.118. The number of amides is 1. The lowest BCUT2D eigenvalue weighted by molar-refractivity contribution is 0.0910. The molecule has 2 aromatic rings. The standard InChI is InChI=1S/C17H20FN3OS/c1-11-6-7-19-9-14(11)21-17(22)15-10-23-16(20-15)8-12-2-4-13(18)5-3-12/h2-5,10-11,14,19H,6-9H2,1H3,(H,21,22). The molecule has 1 aliphatic rings. The fraction of sp³-hybridized carbons (Fsp3) is 0.412. The Hall–Kier alpha value is -1.79. The van der Waals surface area contributed by atoms with Crippen molar-refractivity contribution in [3.8, 4) is 0 Å². The van der Waals surface area contributed by atoms with E-state index < -0.39 is 0 Å². The van der Waals surface area contributed by atoms with E-state index in [9.17, 15) is 9.18 Å². The van der Waals surface area contributed by atoms with Gasteiger partial charge in [-0.3, -0.25) is 4.79 Å². The molecule has 1 aliphatic heterocycles. The Balaban J connectivity index is 1.61. The second kappa shape index (κ2) is 7.19. The molecule has 122 valence electrons. The van der Waals surface area contributed by atoms with Crippen molar-refractivity contribution in [2.24, 2.45) is 5.92 Å². The first kappa shape index (κ1) is 16.1. The van der Waals surface area contributed by atoms with Gasteiger partial charge in [0.25, 0.3) is 5.91 Å². The summed E-state index contributed by atoms with van der Waals surface area (Å²) in [5, 5.41) is 9.01. The maximum Gasteiger partial charge on any atom is 0.271 e. The van der Waals surface area contributed by atoms with Crippen LogP contribution in [0.3, 0.4) is 0 Å². The van der Waals surface area contributed by atoms with Crippen molar-refractivity contribution >= 4 is 17.2 Å². The Kier molecular flexibility index (Phi) is 5.03. The molecule has 6 heteroatoms. The van der Waals surface area contributed by atoms with E-state index in [-0.39, 0.29) is 17.8 Å². The van der Waals surface area contributed by atoms with E-state index in [0.717, 1.165) is 30.1 Å². The highest BCUT2D eigenvalue weighted by molar-refractivity contribution is 7.09. The highest BCUT2D eigenvalue weighted by Gasteiger charge is 2.23. The van der Waals surface area contributed by atoms with Crippen LogP contribution < -0.4 is 10.6 Å². The summed E-state index contributed by atoms with van der Waals surface area (Å²) < 4.78 is 12.9. The van der Waals surface area contributed by atoms with E-state index in [4.69, 9.17) is 0 Å². The number of carbonyl (C=O) groups is 1. The number of nitrogens with one attached hydrogen (secondary N) is 2. The van der Waals surface area contributed by atoms with Crippen LogP contribution >= 0.6 is 11.3 Å². The van der Waals surface area contributed by atoms with E-state index in [1.54, 1.807) is 17.5 Å². The van der Waals surface area contributed by atoms with E-state index in [0.29, 0.717) is 18.0 Å². The summed E-state index contributed by atoms with van der Waals surface area (Å²) in [6.07, 6.45) is 1.68. The molecule has 23 heavy (non-hydrogen) atoms. The molecule has 2 atom stereocenters. The van der Waals surface area contributed by atoms with Crippen LogP contribution in [0.1, 0.15) is 34.4 Å². The summed E-state index contributed by atoms with van der Waals surface area (Å²) in [5.41, 5.74) is 1.45. The Morgan fingerprint density at radius 1 is 1.43 bits per heavy atom. The van der Waals surface area contributed by atoms with Gasteiger partial charge in [-0.1, -0.05) is 19.1 Å². The van der Waals surface area contributed by atoms with Crippen LogP contribution in [0.5, 0.6) is 0 Å². The van der Waals surface area contributed by atoms with E-state index >= 15 is 0 Å². The van der Waals surface area contributed by atoms with Crippen molar-refractivity contribution in [1.29, 1.82) is 0 Å². The van der Waals surface area contributed by atoms with Crippen LogP contribution in [-0.2, 0) is 6.42 Å². The predicted molar refractivity (Wildman–Crippen MR) is 89.2 cm³/mol. The number of aromatic nitrogens is 1. The molecule has 2 unspecified atom stereocenters. The number of hydrogen-bond acceptors (Lipinski definition) is 4. The average Bonchev–Trinajstić information content (AvgIpc) is 3.00. The average molecular weight is 333 g/mol. The van der Waals surface area contributed by atoms with Crippen LogP contribution in [0.15, 0.2) is 29.6 Å². The minimum atomic E-state index is -0.247. The molecule has 4 nitrogen and oxygen atoms in total. The van der Waals surface area contributed by atoms with Gasteiger partial charge in [0.2, 0.25) is 0 Å². The van der Waals surface area contributed by atoms with Gasteiger partial charge in [0, 0.05) is 24.4 Å². The molecule has 0 saturated carbocycles. The zero-order valence-electron chi connectivity index (χ0n) is 13.0. The van der Waals surface area contributed by atoms with Crippen molar-refractivity contribution in [3.63, 3.8) is 0 Å². The Morgan fingerprint density at radius 3 is 2.96 bits per heavy atom. The molecule has 1 fully saturated rings. The minimum Gasteiger partial charge on any atom is -0.346 e. The van der Waals surface area contributed by atoms with Gasteiger partial charge in [-0.05, 0) is 36.6 Å². The maximum absolute atomic E-state index is 12.9. The Morgan fingerprint density at radius 2 is 2.22 bits per heavy atom. The van der Waals surface area contributed by atoms with Gasteiger partial charge < -0.3 is 10.6 Å². The summed E-state index contributed by atoms with van der Waals surface area (Å²) >= 11 is 1.46. The second-order valence-electron chi connectivity index (χ2n) is 5.98. The molecule has 0 spiro atoms. The fourth-order valence-corrected chi connectivity index (χ4v) is 3.51. The molecular weight excluding hydrogens is 313 g/mol. The Labute approximate surface area is 139 Å². The van der Waals surface area contributed by atoms with Crippen LogP contribution in [0.25, 0.3) is 0 Å². The monoisotopic (exact) mass is 333 g/mol. The van der Waals surface area contributed by atoms with Crippen molar-refractivity contribution < 1.29 is 9.18 Å². The summed E-state index contributed by atoms with van der Waals surface area (Å²) in [6, 6.07) is 6.51. The van der Waals surface area contributed by atoms with Gasteiger partial charge in [0.15, 0.2) is 0 Å². The van der Waals surface area contributed by atoms with E-state index in [1.807, 2.05) is 0 Å². The van der Waals surface area contributed by atoms with Crippen LogP contribution in [0.2, 0.25) is 0 Å². The first-order valence-electron chi connectivity index (χ1n) is 7.82. The first-order valence-corrected chi connectivity index (χ1v) is 8.70. The number of thiazole rings is 1. The molecule has 0 bridgehead atoms. The number of halogens is 1. The summed E-state index contributed by atoms with van der Waals surface area (Å²) in [7, 11) is 0. The van der Waals surface area contributed by atoms with Gasteiger partial charge in [-0.15, -0.1) is 11.3 Å². The quantitative estimate of drug-likeness (QED) is 0.904. The Bertz CT molecular complexity index is 671. The normalized spacial score (nSPS) is 21.1. The third-order valence-corrected chi connectivity index (χ3v) is 5.05. The number of benzene rings is 1. The SMILES string of the molecule is CC1CCNCC1NC(=O)c1csc(Cc2ccc(F)cc2)n1. The lowest BCUT2D eigenvalue weighted by Gasteiger charge is -2.29. The second-order valence-corrected chi connectivity index (χ2v) is 6.92. The summed E-state index contributed by atoms with van der Waals surface area (Å²) in [5.74, 6) is 0.104. The summed E-state index contributed by atoms with van der Waals surface area (Å²) in [6.45, 7) is 3.97. The van der Waals surface area contributed by atoms with E-state index in [2.05, 4.69) is 22.5 Å². The zero-order chi connectivity index (χ0) is 16.2.